The summed E-state index contributed by atoms with van der Waals surface area (Å²) in [5, 5.41) is 15.5. The number of hydrogen-bond acceptors (Lipinski definition) is 3. The van der Waals surface area contributed by atoms with Gasteiger partial charge in [-0.25, -0.2) is 0 Å². The van der Waals surface area contributed by atoms with Crippen LogP contribution in [-0.4, -0.2) is 23.2 Å². The van der Waals surface area contributed by atoms with Crippen molar-refractivity contribution in [1.29, 1.82) is 0 Å². The zero-order chi connectivity index (χ0) is 13.3. The first kappa shape index (κ1) is 12.6. The van der Waals surface area contributed by atoms with Gasteiger partial charge in [-0.15, -0.1) is 0 Å². The molecule has 0 amide bonds. The predicted octanol–water partition coefficient (Wildman–Crippen LogP) is 2.44. The maximum atomic E-state index is 11.1. The van der Waals surface area contributed by atoms with E-state index in [2.05, 4.69) is 29.4 Å². The summed E-state index contributed by atoms with van der Waals surface area (Å²) >= 11 is 0. The highest BCUT2D eigenvalue weighted by atomic mass is 16.3. The molecular formula is C16H20N2O. The molecule has 0 bridgehead atoms. The quantitative estimate of drug-likeness (QED) is 0.867. The number of nitrogens with zero attached hydrogens (tertiary/aromatic N) is 1. The second-order valence-electron chi connectivity index (χ2n) is 5.40. The first-order valence-electron chi connectivity index (χ1n) is 7.02. The second-order valence-corrected chi connectivity index (χ2v) is 5.40. The maximum Gasteiger partial charge on any atom is 0.0963 e. The first-order chi connectivity index (χ1) is 9.24. The minimum absolute atomic E-state index is 0.254. The zero-order valence-electron chi connectivity index (χ0n) is 11.3. The molecule has 0 saturated carbocycles. The number of aromatic nitrogens is 1. The smallest absolute Gasteiger partial charge is 0.0963 e. The summed E-state index contributed by atoms with van der Waals surface area (Å²) in [6.45, 7) is 3.87. The Kier molecular flexibility index (Phi) is 3.25. The van der Waals surface area contributed by atoms with Crippen LogP contribution in [0.2, 0.25) is 0 Å². The number of fused-ring (bicyclic) bond motifs is 1. The van der Waals surface area contributed by atoms with Gasteiger partial charge in [0.1, 0.15) is 0 Å². The lowest BCUT2D eigenvalue weighted by Crippen LogP contribution is -2.47. The van der Waals surface area contributed by atoms with Gasteiger partial charge >= 0.3 is 0 Å². The van der Waals surface area contributed by atoms with E-state index in [0.717, 1.165) is 42.4 Å². The number of pyridine rings is 1. The number of piperidine rings is 1. The third kappa shape index (κ3) is 2.13. The summed E-state index contributed by atoms with van der Waals surface area (Å²) in [6.07, 6.45) is 3.57. The van der Waals surface area contributed by atoms with Crippen LogP contribution >= 0.6 is 0 Å². The van der Waals surface area contributed by atoms with Gasteiger partial charge in [0, 0.05) is 29.6 Å². The van der Waals surface area contributed by atoms with Crippen LogP contribution in [0.4, 0.5) is 0 Å². The molecule has 0 spiro atoms. The minimum atomic E-state index is -0.739. The zero-order valence-corrected chi connectivity index (χ0v) is 11.3. The molecule has 2 unspecified atom stereocenters. The molecule has 1 aliphatic rings. The number of aliphatic hydroxyl groups is 1. The molecule has 1 aliphatic heterocycles. The Morgan fingerprint density at radius 2 is 2.26 bits per heavy atom. The number of para-hydroxylation sites is 1. The molecule has 0 aliphatic carbocycles. The molecule has 1 aromatic heterocycles. The molecule has 19 heavy (non-hydrogen) atoms. The lowest BCUT2D eigenvalue weighted by atomic mass is 9.75. The van der Waals surface area contributed by atoms with E-state index in [-0.39, 0.29) is 5.92 Å². The van der Waals surface area contributed by atoms with Crippen molar-refractivity contribution in [2.75, 3.05) is 13.1 Å². The van der Waals surface area contributed by atoms with Crippen molar-refractivity contribution in [3.8, 4) is 0 Å². The lowest BCUT2D eigenvalue weighted by Gasteiger charge is -2.40. The molecule has 100 valence electrons. The van der Waals surface area contributed by atoms with Crippen LogP contribution in [0.3, 0.4) is 0 Å². The van der Waals surface area contributed by atoms with Crippen LogP contribution in [-0.2, 0) is 5.60 Å². The summed E-state index contributed by atoms with van der Waals surface area (Å²) < 4.78 is 0. The molecule has 1 saturated heterocycles. The standard InChI is InChI=1S/C16H20N2O/c1-2-13-10-17-8-7-16(13,19)14-9-12-5-3-4-6-15(12)18-11-14/h3-6,9,11,13,17,19H,2,7-8,10H2,1H3. The number of hydrogen-bond donors (Lipinski definition) is 2. The normalized spacial score (nSPS) is 27.6. The number of benzene rings is 1. The van der Waals surface area contributed by atoms with Crippen LogP contribution in [0, 0.1) is 5.92 Å². The van der Waals surface area contributed by atoms with Crippen molar-refractivity contribution < 1.29 is 5.11 Å². The Morgan fingerprint density at radius 3 is 3.11 bits per heavy atom. The molecule has 2 heterocycles. The van der Waals surface area contributed by atoms with Crippen LogP contribution in [0.1, 0.15) is 25.3 Å². The highest BCUT2D eigenvalue weighted by Crippen LogP contribution is 2.37. The van der Waals surface area contributed by atoms with E-state index in [1.54, 1.807) is 0 Å². The first-order valence-corrected chi connectivity index (χ1v) is 7.02. The maximum absolute atomic E-state index is 11.1. The fourth-order valence-electron chi connectivity index (χ4n) is 3.10. The predicted molar refractivity (Wildman–Crippen MR) is 76.9 cm³/mol. The van der Waals surface area contributed by atoms with Crippen molar-refractivity contribution >= 4 is 10.9 Å². The molecule has 3 heteroatoms. The van der Waals surface area contributed by atoms with E-state index in [0.29, 0.717) is 0 Å². The van der Waals surface area contributed by atoms with E-state index >= 15 is 0 Å². The SMILES string of the molecule is CCC1CNCCC1(O)c1cnc2ccccc2c1. The summed E-state index contributed by atoms with van der Waals surface area (Å²) in [5.74, 6) is 0.254. The van der Waals surface area contributed by atoms with Gasteiger partial charge in [0.2, 0.25) is 0 Å². The number of rotatable bonds is 2. The fraction of sp³-hybridized carbons (Fsp3) is 0.438. The molecule has 0 radical (unpaired) electrons. The van der Waals surface area contributed by atoms with Crippen LogP contribution in [0.5, 0.6) is 0 Å². The molecule has 2 atom stereocenters. The van der Waals surface area contributed by atoms with Crippen molar-refractivity contribution in [3.05, 3.63) is 42.1 Å². The summed E-state index contributed by atoms with van der Waals surface area (Å²) in [4.78, 5) is 4.49. The fourth-order valence-corrected chi connectivity index (χ4v) is 3.10. The molecule has 3 rings (SSSR count). The van der Waals surface area contributed by atoms with Gasteiger partial charge < -0.3 is 10.4 Å². The van der Waals surface area contributed by atoms with Gasteiger partial charge in [-0.2, -0.15) is 0 Å². The summed E-state index contributed by atoms with van der Waals surface area (Å²) in [5.41, 5.74) is 1.20. The van der Waals surface area contributed by atoms with Crippen molar-refractivity contribution in [2.45, 2.75) is 25.4 Å². The van der Waals surface area contributed by atoms with Crippen LogP contribution < -0.4 is 5.32 Å². The average molecular weight is 256 g/mol. The second kappa shape index (κ2) is 4.91. The molecular weight excluding hydrogens is 236 g/mol. The molecule has 2 aromatic rings. The topological polar surface area (TPSA) is 45.1 Å². The van der Waals surface area contributed by atoms with Crippen molar-refractivity contribution in [2.24, 2.45) is 5.92 Å². The van der Waals surface area contributed by atoms with Crippen LogP contribution in [0.15, 0.2) is 36.5 Å². The van der Waals surface area contributed by atoms with E-state index in [4.69, 9.17) is 0 Å². The molecule has 1 fully saturated rings. The molecule has 3 nitrogen and oxygen atoms in total. The monoisotopic (exact) mass is 256 g/mol. The molecule has 2 N–H and O–H groups in total. The van der Waals surface area contributed by atoms with Gasteiger partial charge in [0.05, 0.1) is 11.1 Å². The average Bonchev–Trinajstić information content (AvgIpc) is 2.47. The van der Waals surface area contributed by atoms with Gasteiger partial charge in [-0.1, -0.05) is 25.1 Å². The third-order valence-electron chi connectivity index (χ3n) is 4.33. The summed E-state index contributed by atoms with van der Waals surface area (Å²) in [6, 6.07) is 10.1. The van der Waals surface area contributed by atoms with E-state index < -0.39 is 5.60 Å². The highest BCUT2D eigenvalue weighted by molar-refractivity contribution is 5.78. The Morgan fingerprint density at radius 1 is 1.42 bits per heavy atom. The summed E-state index contributed by atoms with van der Waals surface area (Å²) in [7, 11) is 0. The van der Waals surface area contributed by atoms with Gasteiger partial charge in [0.25, 0.3) is 0 Å². The Labute approximate surface area is 113 Å². The Balaban J connectivity index is 2.06. The van der Waals surface area contributed by atoms with E-state index in [1.165, 1.54) is 0 Å². The highest BCUT2D eigenvalue weighted by Gasteiger charge is 2.39. The Hall–Kier alpha value is -1.45. The molecule has 1 aromatic carbocycles. The number of nitrogens with one attached hydrogen (secondary N) is 1. The van der Waals surface area contributed by atoms with E-state index in [9.17, 15) is 5.11 Å². The van der Waals surface area contributed by atoms with Gasteiger partial charge in [-0.3, -0.25) is 4.98 Å². The lowest BCUT2D eigenvalue weighted by molar-refractivity contribution is -0.0479. The third-order valence-corrected chi connectivity index (χ3v) is 4.33. The van der Waals surface area contributed by atoms with Crippen molar-refractivity contribution in [1.82, 2.24) is 10.3 Å². The van der Waals surface area contributed by atoms with Crippen LogP contribution in [0.25, 0.3) is 10.9 Å². The van der Waals surface area contributed by atoms with Gasteiger partial charge in [-0.05, 0) is 31.5 Å². The minimum Gasteiger partial charge on any atom is -0.385 e. The largest absolute Gasteiger partial charge is 0.385 e. The van der Waals surface area contributed by atoms with Crippen molar-refractivity contribution in [3.63, 3.8) is 0 Å². The Bertz CT molecular complexity index is 584. The van der Waals surface area contributed by atoms with E-state index in [1.807, 2.05) is 24.4 Å². The van der Waals surface area contributed by atoms with Gasteiger partial charge in [0.15, 0.2) is 0 Å².